The molecule has 0 bridgehead atoms. The fraction of sp³-hybridized carbons (Fsp3) is 0.400. The van der Waals surface area contributed by atoms with E-state index >= 15 is 0 Å². The van der Waals surface area contributed by atoms with Gasteiger partial charge in [-0.25, -0.2) is 12.6 Å². The first kappa shape index (κ1) is 16.9. The molecule has 0 radical (unpaired) electrons. The first-order valence-corrected chi connectivity index (χ1v) is 8.59. The highest BCUT2D eigenvalue weighted by Crippen LogP contribution is 2.22. The summed E-state index contributed by atoms with van der Waals surface area (Å²) in [6.45, 7) is 1.38. The van der Waals surface area contributed by atoms with E-state index in [1.165, 1.54) is 18.2 Å². The minimum atomic E-state index is -4.66. The van der Waals surface area contributed by atoms with Crippen molar-refractivity contribution in [2.75, 3.05) is 24.4 Å². The van der Waals surface area contributed by atoms with Gasteiger partial charge < -0.3 is 0 Å². The minimum absolute atomic E-state index is 0.0487. The molecule has 0 aliphatic rings. The second-order valence-electron chi connectivity index (χ2n) is 3.60. The van der Waals surface area contributed by atoms with Gasteiger partial charge in [0.1, 0.15) is 0 Å². The van der Waals surface area contributed by atoms with E-state index < -0.39 is 32.6 Å². The number of hydrogen-bond acceptors (Lipinski definition) is 7. The van der Waals surface area contributed by atoms with Crippen LogP contribution in [-0.2, 0) is 29.3 Å². The Morgan fingerprint density at radius 2 is 1.85 bits per heavy atom. The zero-order valence-electron chi connectivity index (χ0n) is 10.6. The maximum absolute atomic E-state index is 12.0. The van der Waals surface area contributed by atoms with Gasteiger partial charge in [0.15, 0.2) is 9.84 Å². The number of benzene rings is 1. The predicted octanol–water partition coefficient (Wildman–Crippen LogP) is 0.643. The smallest absolute Gasteiger partial charge is 0.276 e. The molecule has 10 heteroatoms. The van der Waals surface area contributed by atoms with Crippen molar-refractivity contribution in [1.82, 2.24) is 0 Å². The molecule has 0 atom stereocenters. The van der Waals surface area contributed by atoms with Crippen molar-refractivity contribution in [2.24, 2.45) is 0 Å². The van der Waals surface area contributed by atoms with Crippen LogP contribution in [0.25, 0.3) is 0 Å². The second-order valence-corrected chi connectivity index (χ2v) is 6.77. The monoisotopic (exact) mass is 325 g/mol. The summed E-state index contributed by atoms with van der Waals surface area (Å²) in [4.78, 5) is 4.88. The Hall–Kier alpha value is -1.20. The molecule has 2 N–H and O–H groups in total. The molecule has 0 unspecified atom stereocenters. The molecule has 1 rings (SSSR count). The van der Waals surface area contributed by atoms with Gasteiger partial charge in [-0.05, 0) is 19.1 Å². The number of anilines is 1. The van der Waals surface area contributed by atoms with Gasteiger partial charge >= 0.3 is 10.4 Å². The summed E-state index contributed by atoms with van der Waals surface area (Å²) >= 11 is 0. The van der Waals surface area contributed by atoms with Gasteiger partial charge in [-0.15, -0.1) is 0 Å². The molecule has 0 aliphatic heterocycles. The molecule has 0 saturated carbocycles. The number of sulfone groups is 1. The summed E-state index contributed by atoms with van der Waals surface area (Å²) in [7, 11) is -8.44. The molecule has 8 nitrogen and oxygen atoms in total. The summed E-state index contributed by atoms with van der Waals surface area (Å²) in [6, 6.07) is 6.00. The molecular weight excluding hydrogens is 310 g/mol. The lowest BCUT2D eigenvalue weighted by Crippen LogP contribution is -2.17. The third kappa shape index (κ3) is 5.43. The van der Waals surface area contributed by atoms with Crippen molar-refractivity contribution < 1.29 is 30.4 Å². The van der Waals surface area contributed by atoms with Crippen LogP contribution in [0.5, 0.6) is 0 Å². The van der Waals surface area contributed by atoms with Crippen molar-refractivity contribution in [1.29, 1.82) is 0 Å². The Bertz CT molecular complexity index is 639. The Kier molecular flexibility index (Phi) is 5.89. The van der Waals surface area contributed by atoms with Crippen molar-refractivity contribution in [3.8, 4) is 0 Å². The molecule has 0 amide bonds. The lowest BCUT2D eigenvalue weighted by molar-refractivity contribution is 0.209. The van der Waals surface area contributed by atoms with E-state index in [-0.39, 0.29) is 10.6 Å². The van der Waals surface area contributed by atoms with Crippen LogP contribution < -0.4 is 5.48 Å². The fourth-order valence-electron chi connectivity index (χ4n) is 1.33. The van der Waals surface area contributed by atoms with Crippen LogP contribution in [0.15, 0.2) is 29.2 Å². The predicted molar refractivity (Wildman–Crippen MR) is 71.2 cm³/mol. The summed E-state index contributed by atoms with van der Waals surface area (Å²) in [6.07, 6.45) is 0. The third-order valence-corrected chi connectivity index (χ3v) is 4.33. The summed E-state index contributed by atoms with van der Waals surface area (Å²) in [5, 5.41) is 0. The zero-order chi connectivity index (χ0) is 15.2. The van der Waals surface area contributed by atoms with E-state index in [0.29, 0.717) is 6.61 Å². The van der Waals surface area contributed by atoms with Crippen LogP contribution in [-0.4, -0.2) is 40.4 Å². The molecule has 114 valence electrons. The van der Waals surface area contributed by atoms with Gasteiger partial charge in [0.2, 0.25) is 0 Å². The fourth-order valence-corrected chi connectivity index (χ4v) is 2.98. The topological polar surface area (TPSA) is 119 Å². The van der Waals surface area contributed by atoms with Gasteiger partial charge in [-0.2, -0.15) is 8.42 Å². The standard InChI is InChI=1S/C10H15NO7S2/c1-2-17-11-9-5-3-4-6-10(9)19(12,13)8-7-18-20(14,15)16/h3-6,11H,2,7-8H2,1H3,(H,14,15,16). The van der Waals surface area contributed by atoms with E-state index in [1.807, 2.05) is 0 Å². The largest absolute Gasteiger partial charge is 0.397 e. The first-order chi connectivity index (χ1) is 9.26. The molecule has 0 saturated heterocycles. The molecule has 20 heavy (non-hydrogen) atoms. The van der Waals surface area contributed by atoms with Gasteiger partial charge in [-0.3, -0.25) is 14.9 Å². The highest BCUT2D eigenvalue weighted by atomic mass is 32.3. The third-order valence-electron chi connectivity index (χ3n) is 2.13. The molecule has 0 aromatic heterocycles. The van der Waals surface area contributed by atoms with E-state index in [9.17, 15) is 16.8 Å². The highest BCUT2D eigenvalue weighted by Gasteiger charge is 2.19. The number of hydrogen-bond donors (Lipinski definition) is 2. The van der Waals surface area contributed by atoms with Gasteiger partial charge in [0, 0.05) is 0 Å². The molecule has 0 heterocycles. The maximum atomic E-state index is 12.0. The second kappa shape index (κ2) is 6.99. The van der Waals surface area contributed by atoms with Gasteiger partial charge in [-0.1, -0.05) is 12.1 Å². The zero-order valence-corrected chi connectivity index (χ0v) is 12.3. The van der Waals surface area contributed by atoms with Crippen LogP contribution in [0.3, 0.4) is 0 Å². The van der Waals surface area contributed by atoms with Crippen LogP contribution in [0.4, 0.5) is 5.69 Å². The summed E-state index contributed by atoms with van der Waals surface area (Å²) < 4.78 is 57.2. The normalized spacial score (nSPS) is 12.3. The van der Waals surface area contributed by atoms with Crippen LogP contribution >= 0.6 is 0 Å². The Labute approximate surface area is 117 Å². The minimum Gasteiger partial charge on any atom is -0.276 e. The Morgan fingerprint density at radius 1 is 1.20 bits per heavy atom. The molecule has 0 spiro atoms. The van der Waals surface area contributed by atoms with E-state index in [2.05, 4.69) is 9.66 Å². The van der Waals surface area contributed by atoms with Crippen LogP contribution in [0, 0.1) is 0 Å². The van der Waals surface area contributed by atoms with E-state index in [0.717, 1.165) is 0 Å². The molecular formula is C10H15NO7S2. The number of para-hydroxylation sites is 1. The average molecular weight is 325 g/mol. The van der Waals surface area contributed by atoms with Crippen molar-refractivity contribution in [2.45, 2.75) is 11.8 Å². The van der Waals surface area contributed by atoms with Gasteiger partial charge in [0.05, 0.1) is 29.5 Å². The van der Waals surface area contributed by atoms with Crippen molar-refractivity contribution in [3.63, 3.8) is 0 Å². The number of nitrogens with one attached hydrogen (secondary N) is 1. The summed E-state index contributed by atoms with van der Waals surface area (Å²) in [5.74, 6) is -0.600. The quantitative estimate of drug-likeness (QED) is 0.528. The SMILES string of the molecule is CCONc1ccccc1S(=O)(=O)CCOS(=O)(=O)O. The molecule has 0 fully saturated rings. The first-order valence-electron chi connectivity index (χ1n) is 5.57. The van der Waals surface area contributed by atoms with Crippen LogP contribution in [0.1, 0.15) is 6.92 Å². The summed E-state index contributed by atoms with van der Waals surface area (Å²) in [5.41, 5.74) is 2.73. The molecule has 1 aromatic carbocycles. The average Bonchev–Trinajstić information content (AvgIpc) is 2.34. The van der Waals surface area contributed by atoms with Crippen LogP contribution in [0.2, 0.25) is 0 Å². The Morgan fingerprint density at radius 3 is 2.45 bits per heavy atom. The highest BCUT2D eigenvalue weighted by molar-refractivity contribution is 7.91. The lowest BCUT2D eigenvalue weighted by Gasteiger charge is -2.11. The number of rotatable bonds is 8. The maximum Gasteiger partial charge on any atom is 0.397 e. The van der Waals surface area contributed by atoms with Crippen molar-refractivity contribution >= 4 is 25.9 Å². The lowest BCUT2D eigenvalue weighted by atomic mass is 10.3. The Balaban J connectivity index is 2.86. The van der Waals surface area contributed by atoms with Crippen molar-refractivity contribution in [3.05, 3.63) is 24.3 Å². The molecule has 0 aliphatic carbocycles. The molecule has 1 aromatic rings. The van der Waals surface area contributed by atoms with Gasteiger partial charge in [0.25, 0.3) is 0 Å². The van der Waals surface area contributed by atoms with E-state index in [1.54, 1.807) is 13.0 Å². The van der Waals surface area contributed by atoms with E-state index in [4.69, 9.17) is 9.39 Å².